The normalized spacial score (nSPS) is 18.6. The predicted octanol–water partition coefficient (Wildman–Crippen LogP) is 6.54. The zero-order valence-electron chi connectivity index (χ0n) is 25.3. The first-order valence-corrected chi connectivity index (χ1v) is 14.3. The zero-order chi connectivity index (χ0) is 34.3. The maximum atomic E-state index is 13.7. The Labute approximate surface area is 264 Å². The van der Waals surface area contributed by atoms with Gasteiger partial charge in [0.1, 0.15) is 18.0 Å². The number of esters is 1. The number of rotatable bonds is 9. The molecule has 0 radical (unpaired) electrons. The monoisotopic (exact) mass is 670 g/mol. The average molecular weight is 671 g/mol. The summed E-state index contributed by atoms with van der Waals surface area (Å²) in [7, 11) is 2.70. The van der Waals surface area contributed by atoms with Crippen LogP contribution >= 0.6 is 0 Å². The van der Waals surface area contributed by atoms with Crippen LogP contribution in [0.1, 0.15) is 47.4 Å². The first kappa shape index (κ1) is 33.7. The lowest BCUT2D eigenvalue weighted by Crippen LogP contribution is -2.49. The number of carbonyl (C=O) groups is 2. The van der Waals surface area contributed by atoms with Crippen molar-refractivity contribution in [1.82, 2.24) is 14.9 Å². The molecule has 1 amide bonds. The van der Waals surface area contributed by atoms with Crippen LogP contribution in [0.5, 0.6) is 5.75 Å². The lowest BCUT2D eigenvalue weighted by molar-refractivity contribution is -0.143. The minimum absolute atomic E-state index is 0.00184. The Morgan fingerprint density at radius 2 is 1.66 bits per heavy atom. The molecule has 47 heavy (non-hydrogen) atoms. The van der Waals surface area contributed by atoms with E-state index < -0.39 is 59.4 Å². The number of hydrogen-bond acceptors (Lipinski definition) is 8. The van der Waals surface area contributed by atoms with Crippen LogP contribution in [-0.4, -0.2) is 66.5 Å². The highest BCUT2D eigenvalue weighted by molar-refractivity contribution is 5.75. The molecule has 1 aromatic heterocycles. The van der Waals surface area contributed by atoms with Gasteiger partial charge in [0, 0.05) is 23.7 Å². The van der Waals surface area contributed by atoms with Gasteiger partial charge in [-0.15, -0.1) is 0 Å². The van der Waals surface area contributed by atoms with Gasteiger partial charge in [0.05, 0.1) is 56.7 Å². The second kappa shape index (κ2) is 12.9. The molecule has 9 nitrogen and oxygen atoms in total. The van der Waals surface area contributed by atoms with E-state index in [1.807, 2.05) is 0 Å². The molecule has 0 aliphatic carbocycles. The molecule has 0 spiro atoms. The Kier molecular flexibility index (Phi) is 9.24. The van der Waals surface area contributed by atoms with Crippen molar-refractivity contribution in [2.75, 3.05) is 32.2 Å². The Morgan fingerprint density at radius 1 is 1.00 bits per heavy atom. The fourth-order valence-corrected chi connectivity index (χ4v) is 5.43. The Bertz CT molecular complexity index is 1630. The Morgan fingerprint density at radius 3 is 2.23 bits per heavy atom. The molecule has 2 fully saturated rings. The van der Waals surface area contributed by atoms with Gasteiger partial charge in [-0.1, -0.05) is 6.07 Å². The lowest BCUT2D eigenvalue weighted by Gasteiger charge is -2.34. The molecule has 16 heteroatoms. The van der Waals surface area contributed by atoms with Crippen molar-refractivity contribution in [3.63, 3.8) is 0 Å². The van der Waals surface area contributed by atoms with Crippen LogP contribution in [0.2, 0.25) is 0 Å². The summed E-state index contributed by atoms with van der Waals surface area (Å²) in [6, 6.07) is 5.18. The van der Waals surface area contributed by atoms with E-state index in [1.54, 1.807) is 23.1 Å². The summed E-state index contributed by atoms with van der Waals surface area (Å²) in [5.74, 6) is 0.120. The first-order valence-electron chi connectivity index (χ1n) is 14.3. The smallest absolute Gasteiger partial charge is 0.416 e. The molecule has 252 valence electrons. The minimum atomic E-state index is -5.09. The highest BCUT2D eigenvalue weighted by Gasteiger charge is 2.44. The molecule has 0 saturated carbocycles. The van der Waals surface area contributed by atoms with Gasteiger partial charge in [0.15, 0.2) is 0 Å². The molecule has 0 N–H and O–H groups in total. The van der Waals surface area contributed by atoms with E-state index in [9.17, 15) is 40.3 Å². The molecule has 2 aliphatic heterocycles. The number of aryl methyl sites for hydroxylation is 1. The van der Waals surface area contributed by atoms with E-state index in [1.165, 1.54) is 27.3 Å². The van der Waals surface area contributed by atoms with Crippen molar-refractivity contribution in [2.45, 2.75) is 57.0 Å². The van der Waals surface area contributed by atoms with E-state index in [0.717, 1.165) is 10.5 Å². The van der Waals surface area contributed by atoms with Crippen LogP contribution < -0.4 is 9.64 Å². The van der Waals surface area contributed by atoms with Crippen molar-refractivity contribution < 1.29 is 54.5 Å². The largest absolute Gasteiger partial charge is 0.496 e. The number of methoxy groups -OCH3 is 2. The highest BCUT2D eigenvalue weighted by atomic mass is 19.4. The maximum Gasteiger partial charge on any atom is 0.416 e. The average Bonchev–Trinajstić information content (AvgIpc) is 3.29. The topological polar surface area (TPSA) is 94.1 Å². The summed E-state index contributed by atoms with van der Waals surface area (Å²) in [4.78, 5) is 36.6. The summed E-state index contributed by atoms with van der Waals surface area (Å²) < 4.78 is 111. The second-order valence-electron chi connectivity index (χ2n) is 11.2. The van der Waals surface area contributed by atoms with E-state index in [-0.39, 0.29) is 43.8 Å². The van der Waals surface area contributed by atoms with Gasteiger partial charge in [-0.05, 0) is 54.8 Å². The van der Waals surface area contributed by atoms with Gasteiger partial charge in [-0.3, -0.25) is 9.69 Å². The molecule has 2 saturated heterocycles. The molecule has 3 heterocycles. The van der Waals surface area contributed by atoms with Crippen molar-refractivity contribution in [3.05, 3.63) is 70.5 Å². The van der Waals surface area contributed by atoms with Crippen LogP contribution in [0, 0.1) is 0 Å². The summed E-state index contributed by atoms with van der Waals surface area (Å²) in [6.45, 7) is 1.20. The highest BCUT2D eigenvalue weighted by Crippen LogP contribution is 2.42. The molecule has 0 bridgehead atoms. The Balaban J connectivity index is 1.53. The van der Waals surface area contributed by atoms with Gasteiger partial charge >= 0.3 is 24.4 Å². The number of anilines is 1. The van der Waals surface area contributed by atoms with Crippen molar-refractivity contribution >= 4 is 18.0 Å². The number of ether oxygens (including phenoxy) is 3. The fourth-order valence-electron chi connectivity index (χ4n) is 5.43. The van der Waals surface area contributed by atoms with Crippen LogP contribution in [0.4, 0.5) is 41.5 Å². The molecule has 1 unspecified atom stereocenters. The minimum Gasteiger partial charge on any atom is -0.496 e. The van der Waals surface area contributed by atoms with Crippen molar-refractivity contribution in [2.24, 2.45) is 0 Å². The van der Waals surface area contributed by atoms with E-state index >= 15 is 0 Å². The Hall–Kier alpha value is -4.63. The lowest BCUT2D eigenvalue weighted by atomic mass is 9.97. The number of alkyl halides is 7. The van der Waals surface area contributed by atoms with Gasteiger partial charge < -0.3 is 19.1 Å². The third-order valence-electron chi connectivity index (χ3n) is 8.03. The third-order valence-corrected chi connectivity index (χ3v) is 8.03. The summed E-state index contributed by atoms with van der Waals surface area (Å²) >= 11 is 0. The molecule has 5 rings (SSSR count). The number of halogens is 7. The molecule has 2 aromatic carbocycles. The third kappa shape index (κ3) is 7.20. The van der Waals surface area contributed by atoms with Crippen molar-refractivity contribution in [3.8, 4) is 16.9 Å². The van der Waals surface area contributed by atoms with E-state index in [4.69, 9.17) is 14.2 Å². The summed E-state index contributed by atoms with van der Waals surface area (Å²) in [5, 5.41) is 0. The fraction of sp³-hybridized carbons (Fsp3) is 0.419. The molecular formula is C31H29F7N4O5. The number of cyclic esters (lactones) is 1. The van der Waals surface area contributed by atoms with Crippen LogP contribution in [0.3, 0.4) is 0 Å². The summed E-state index contributed by atoms with van der Waals surface area (Å²) in [6.07, 6.45) is -11.9. The van der Waals surface area contributed by atoms with Gasteiger partial charge in [-0.25, -0.2) is 19.2 Å². The number of aromatic nitrogens is 2. The number of carbonyl (C=O) groups excluding carboxylic acids is 2. The van der Waals surface area contributed by atoms with E-state index in [2.05, 4.69) is 9.97 Å². The zero-order valence-corrected chi connectivity index (χ0v) is 25.3. The molecular weight excluding hydrogens is 641 g/mol. The standard InChI is InChI=1S/C31H29F7N4O5/c1-16-27(18-9-19(30(33,34)35)11-20(10-18)31(36,37)38)47-29(44)42(16)15-24-23(12-39-28(40-24)41-13-21(32)14-41)22-8-17(4-6-25(22)45-2)5-7-26(43)46-3/h4,6,8-12,16,21,27H,5,7,13-15H2,1-3H3/t16?,27-/m0/s1. The number of nitrogens with zero attached hydrogens (tertiary/aromatic N) is 4. The van der Waals surface area contributed by atoms with Crippen molar-refractivity contribution in [1.29, 1.82) is 0 Å². The second-order valence-corrected chi connectivity index (χ2v) is 11.2. The summed E-state index contributed by atoms with van der Waals surface area (Å²) in [5.41, 5.74) is -1.74. The SMILES string of the molecule is COC(=O)CCc1ccc(OC)c(-c2cnc(N3CC(F)C3)nc2CN2C(=O)O[C@H](c3cc(C(F)(F)F)cc(C(F)(F)F)c3)C2C)c1. The van der Waals surface area contributed by atoms with Gasteiger partial charge in [0.2, 0.25) is 5.95 Å². The number of benzene rings is 2. The molecule has 3 aromatic rings. The van der Waals surface area contributed by atoms with Crippen LogP contribution in [0.15, 0.2) is 42.6 Å². The van der Waals surface area contributed by atoms with Crippen LogP contribution in [0.25, 0.3) is 11.1 Å². The first-order chi connectivity index (χ1) is 22.1. The number of hydrogen-bond donors (Lipinski definition) is 0. The number of amides is 1. The van der Waals surface area contributed by atoms with E-state index in [0.29, 0.717) is 35.4 Å². The van der Waals surface area contributed by atoms with Gasteiger partial charge in [-0.2, -0.15) is 26.3 Å². The molecule has 2 aliphatic rings. The quantitative estimate of drug-likeness (QED) is 0.187. The van der Waals surface area contributed by atoms with Crippen LogP contribution in [-0.2, 0) is 39.6 Å². The van der Waals surface area contributed by atoms with Gasteiger partial charge in [0.25, 0.3) is 0 Å². The predicted molar refractivity (Wildman–Crippen MR) is 152 cm³/mol. The molecule has 2 atom stereocenters. The maximum absolute atomic E-state index is 13.7.